The lowest BCUT2D eigenvalue weighted by Crippen LogP contribution is -2.33. The Morgan fingerprint density at radius 3 is 2.39 bits per heavy atom. The molecule has 0 radical (unpaired) electrons. The van der Waals surface area contributed by atoms with Crippen molar-refractivity contribution < 1.29 is 32.2 Å². The molecule has 2 rings (SSSR count). The van der Waals surface area contributed by atoms with Crippen LogP contribution in [0.3, 0.4) is 0 Å². The monoisotopic (exact) mass is 438 g/mol. The molecular weight excluding hydrogens is 413 g/mol. The van der Waals surface area contributed by atoms with Gasteiger partial charge in [-0.1, -0.05) is 24.3 Å². The van der Waals surface area contributed by atoms with E-state index in [4.69, 9.17) is 4.74 Å². The van der Waals surface area contributed by atoms with Crippen LogP contribution in [-0.2, 0) is 11.3 Å². The average molecular weight is 438 g/mol. The summed E-state index contributed by atoms with van der Waals surface area (Å²) < 4.78 is 49.3. The van der Waals surface area contributed by atoms with E-state index in [1.165, 1.54) is 24.3 Å². The number of nitrogens with one attached hydrogen (secondary N) is 2. The summed E-state index contributed by atoms with van der Waals surface area (Å²) in [6.45, 7) is 3.35. The van der Waals surface area contributed by atoms with Gasteiger partial charge in [-0.3, -0.25) is 4.79 Å². The highest BCUT2D eigenvalue weighted by atomic mass is 19.3. The second-order valence-corrected chi connectivity index (χ2v) is 7.73. The molecule has 2 aromatic rings. The number of alkyl carbamates (subject to hydrolysis) is 1. The van der Waals surface area contributed by atoms with Crippen LogP contribution in [0.4, 0.5) is 18.0 Å². The number of hydrogen-bond donors (Lipinski definition) is 2. The zero-order valence-corrected chi connectivity index (χ0v) is 17.7. The fourth-order valence-electron chi connectivity index (χ4n) is 2.82. The third-order valence-electron chi connectivity index (χ3n) is 4.12. The third-order valence-corrected chi connectivity index (χ3v) is 4.12. The van der Waals surface area contributed by atoms with E-state index < -0.39 is 36.1 Å². The molecular formula is C22H25F3N2O4. The Morgan fingerprint density at radius 1 is 1.06 bits per heavy atom. The fraction of sp³-hybridized carbons (Fsp3) is 0.364. The lowest BCUT2D eigenvalue weighted by atomic mass is 10.0. The Bertz CT molecular complexity index is 929. The number of amides is 2. The number of carbonyl (C=O) groups is 2. The highest BCUT2D eigenvalue weighted by Crippen LogP contribution is 2.27. The molecule has 168 valence electrons. The molecule has 1 atom stereocenters. The Balaban J connectivity index is 2.17. The number of ether oxygens (including phenoxy) is 2. The lowest BCUT2D eigenvalue weighted by Gasteiger charge is -2.21. The van der Waals surface area contributed by atoms with Crippen molar-refractivity contribution in [2.75, 3.05) is 0 Å². The maximum absolute atomic E-state index is 14.4. The SMILES string of the molecule is CC(NC(=O)c1cccc(F)c1CNC(=O)OC(C)(C)C)c1ccccc1OC(F)F. The lowest BCUT2D eigenvalue weighted by molar-refractivity contribution is -0.0506. The van der Waals surface area contributed by atoms with Gasteiger partial charge in [0.15, 0.2) is 0 Å². The van der Waals surface area contributed by atoms with Gasteiger partial charge in [-0.2, -0.15) is 8.78 Å². The number of alkyl halides is 2. The molecule has 9 heteroatoms. The molecule has 0 fully saturated rings. The minimum absolute atomic E-state index is 0.00447. The Hall–Kier alpha value is -3.23. The predicted molar refractivity (Wildman–Crippen MR) is 108 cm³/mol. The van der Waals surface area contributed by atoms with Gasteiger partial charge in [0.05, 0.1) is 6.04 Å². The minimum Gasteiger partial charge on any atom is -0.444 e. The number of halogens is 3. The van der Waals surface area contributed by atoms with Gasteiger partial charge < -0.3 is 20.1 Å². The topological polar surface area (TPSA) is 76.7 Å². The quantitative estimate of drug-likeness (QED) is 0.642. The number of carbonyl (C=O) groups excluding carboxylic acids is 2. The molecule has 2 aromatic carbocycles. The van der Waals surface area contributed by atoms with Crippen molar-refractivity contribution in [1.82, 2.24) is 10.6 Å². The Labute approximate surface area is 178 Å². The zero-order valence-electron chi connectivity index (χ0n) is 17.7. The van der Waals surface area contributed by atoms with Crippen molar-refractivity contribution in [3.63, 3.8) is 0 Å². The van der Waals surface area contributed by atoms with E-state index in [-0.39, 0.29) is 23.4 Å². The summed E-state index contributed by atoms with van der Waals surface area (Å²) in [6.07, 6.45) is -0.756. The van der Waals surface area contributed by atoms with Gasteiger partial charge in [0.2, 0.25) is 0 Å². The van der Waals surface area contributed by atoms with E-state index in [9.17, 15) is 22.8 Å². The van der Waals surface area contributed by atoms with Gasteiger partial charge in [-0.05, 0) is 45.9 Å². The highest BCUT2D eigenvalue weighted by molar-refractivity contribution is 5.96. The second kappa shape index (κ2) is 10.2. The molecule has 0 heterocycles. The molecule has 31 heavy (non-hydrogen) atoms. The van der Waals surface area contributed by atoms with Gasteiger partial charge in [0.25, 0.3) is 5.91 Å². The molecule has 0 aliphatic rings. The maximum atomic E-state index is 14.4. The van der Waals surface area contributed by atoms with E-state index in [0.717, 1.165) is 6.07 Å². The van der Waals surface area contributed by atoms with Crippen LogP contribution >= 0.6 is 0 Å². The highest BCUT2D eigenvalue weighted by Gasteiger charge is 2.22. The van der Waals surface area contributed by atoms with Crippen molar-refractivity contribution in [3.05, 3.63) is 65.0 Å². The van der Waals surface area contributed by atoms with Crippen molar-refractivity contribution in [1.29, 1.82) is 0 Å². The van der Waals surface area contributed by atoms with Crippen LogP contribution in [0.25, 0.3) is 0 Å². The molecule has 0 saturated heterocycles. The van der Waals surface area contributed by atoms with E-state index >= 15 is 0 Å². The summed E-state index contributed by atoms with van der Waals surface area (Å²) in [5, 5.41) is 5.07. The summed E-state index contributed by atoms with van der Waals surface area (Å²) in [7, 11) is 0. The van der Waals surface area contributed by atoms with Crippen LogP contribution in [0, 0.1) is 5.82 Å². The first-order valence-corrected chi connectivity index (χ1v) is 9.56. The summed E-state index contributed by atoms with van der Waals surface area (Å²) >= 11 is 0. The van der Waals surface area contributed by atoms with E-state index in [0.29, 0.717) is 5.56 Å². The minimum atomic E-state index is -3.02. The third kappa shape index (κ3) is 7.20. The van der Waals surface area contributed by atoms with Crippen molar-refractivity contribution in [2.45, 2.75) is 52.5 Å². The Kier molecular flexibility index (Phi) is 7.90. The molecule has 2 N–H and O–H groups in total. The molecule has 0 saturated carbocycles. The molecule has 0 bridgehead atoms. The van der Waals surface area contributed by atoms with E-state index in [1.807, 2.05) is 0 Å². The molecule has 0 aliphatic heterocycles. The van der Waals surface area contributed by atoms with E-state index in [2.05, 4.69) is 15.4 Å². The average Bonchev–Trinajstić information content (AvgIpc) is 2.65. The van der Waals surface area contributed by atoms with Crippen LogP contribution in [0.1, 0.15) is 55.2 Å². The summed E-state index contributed by atoms with van der Waals surface area (Å²) in [5.41, 5.74) is -0.436. The summed E-state index contributed by atoms with van der Waals surface area (Å²) in [4.78, 5) is 24.7. The van der Waals surface area contributed by atoms with E-state index in [1.54, 1.807) is 39.8 Å². The molecule has 0 aromatic heterocycles. The summed E-state index contributed by atoms with van der Waals surface area (Å²) in [6, 6.07) is 9.27. The molecule has 2 amide bonds. The number of para-hydroxylation sites is 1. The molecule has 6 nitrogen and oxygen atoms in total. The second-order valence-electron chi connectivity index (χ2n) is 7.73. The smallest absolute Gasteiger partial charge is 0.407 e. The van der Waals surface area contributed by atoms with Crippen LogP contribution in [0.15, 0.2) is 42.5 Å². The van der Waals surface area contributed by atoms with Crippen LogP contribution in [0.2, 0.25) is 0 Å². The van der Waals surface area contributed by atoms with Gasteiger partial charge >= 0.3 is 12.7 Å². The van der Waals surface area contributed by atoms with Crippen molar-refractivity contribution >= 4 is 12.0 Å². The van der Waals surface area contributed by atoms with Gasteiger partial charge in [0, 0.05) is 23.2 Å². The maximum Gasteiger partial charge on any atom is 0.407 e. The van der Waals surface area contributed by atoms with Crippen molar-refractivity contribution in [2.24, 2.45) is 0 Å². The zero-order chi connectivity index (χ0) is 23.2. The first-order valence-electron chi connectivity index (χ1n) is 9.56. The fourth-order valence-corrected chi connectivity index (χ4v) is 2.82. The van der Waals surface area contributed by atoms with Gasteiger partial charge in [0.1, 0.15) is 17.2 Å². The largest absolute Gasteiger partial charge is 0.444 e. The molecule has 1 unspecified atom stereocenters. The van der Waals surface area contributed by atoms with Gasteiger partial charge in [-0.25, -0.2) is 9.18 Å². The summed E-state index contributed by atoms with van der Waals surface area (Å²) in [5.74, 6) is -1.39. The van der Waals surface area contributed by atoms with Crippen LogP contribution in [0.5, 0.6) is 5.75 Å². The number of benzene rings is 2. The standard InChI is InChI=1S/C22H25F3N2O4/c1-13(14-8-5-6-11-18(14)30-20(24)25)27-19(28)15-9-7-10-17(23)16(15)12-26-21(29)31-22(2,3)4/h5-11,13,20H,12H2,1-4H3,(H,26,29)(H,27,28). The predicted octanol–water partition coefficient (Wildman–Crippen LogP) is 4.94. The first kappa shape index (κ1) is 24.0. The number of hydrogen-bond acceptors (Lipinski definition) is 4. The normalized spacial score (nSPS) is 12.3. The van der Waals surface area contributed by atoms with Gasteiger partial charge in [-0.15, -0.1) is 0 Å². The number of rotatable bonds is 7. The van der Waals surface area contributed by atoms with Crippen molar-refractivity contribution in [3.8, 4) is 5.75 Å². The Morgan fingerprint density at radius 2 is 1.74 bits per heavy atom. The first-order chi connectivity index (χ1) is 14.5. The van der Waals surface area contributed by atoms with Crippen LogP contribution < -0.4 is 15.4 Å². The molecule has 0 aliphatic carbocycles. The molecule has 0 spiro atoms. The van der Waals surface area contributed by atoms with Crippen LogP contribution in [-0.4, -0.2) is 24.2 Å².